The Morgan fingerprint density at radius 2 is 2.00 bits per heavy atom. The number of para-hydroxylation sites is 1. The van der Waals surface area contributed by atoms with E-state index in [-0.39, 0.29) is 10.7 Å². The molecule has 0 radical (unpaired) electrons. The molecule has 2 aromatic rings. The zero-order chi connectivity index (χ0) is 14.8. The smallest absolute Gasteiger partial charge is 0.265 e. The highest BCUT2D eigenvalue weighted by Crippen LogP contribution is 2.29. The fourth-order valence-electron chi connectivity index (χ4n) is 1.67. The average Bonchev–Trinajstić information content (AvgIpc) is 2.43. The van der Waals surface area contributed by atoms with E-state index in [1.54, 1.807) is 25.1 Å². The van der Waals surface area contributed by atoms with Crippen LogP contribution in [0.1, 0.15) is 5.56 Å². The van der Waals surface area contributed by atoms with E-state index in [9.17, 15) is 8.42 Å². The number of hydrogen-bond acceptors (Lipinski definition) is 5. The number of halogens is 1. The molecule has 0 amide bonds. The molecule has 20 heavy (non-hydrogen) atoms. The molecule has 2 rings (SSSR count). The van der Waals surface area contributed by atoms with Gasteiger partial charge in [0.1, 0.15) is 4.90 Å². The van der Waals surface area contributed by atoms with E-state index in [2.05, 4.69) is 15.1 Å². The first kappa shape index (κ1) is 14.6. The quantitative estimate of drug-likeness (QED) is 0.593. The normalized spacial score (nSPS) is 11.2. The van der Waals surface area contributed by atoms with E-state index in [0.717, 1.165) is 0 Å². The zero-order valence-corrected chi connectivity index (χ0v) is 12.2. The molecule has 8 heteroatoms. The van der Waals surface area contributed by atoms with Crippen LogP contribution in [-0.2, 0) is 10.0 Å². The van der Waals surface area contributed by atoms with Gasteiger partial charge in [0.2, 0.25) is 0 Å². The molecule has 6 nitrogen and oxygen atoms in total. The number of rotatable bonds is 4. The number of nitrogen functional groups attached to an aromatic ring is 1. The molecule has 0 aliphatic rings. The molecule has 106 valence electrons. The van der Waals surface area contributed by atoms with E-state index < -0.39 is 10.0 Å². The molecule has 0 aliphatic carbocycles. The monoisotopic (exact) mass is 312 g/mol. The summed E-state index contributed by atoms with van der Waals surface area (Å²) in [6, 6.07) is 8.02. The van der Waals surface area contributed by atoms with Gasteiger partial charge in [0.15, 0.2) is 5.82 Å². The van der Waals surface area contributed by atoms with E-state index >= 15 is 0 Å². The summed E-state index contributed by atoms with van der Waals surface area (Å²) in [6.45, 7) is 1.76. The van der Waals surface area contributed by atoms with Crippen LogP contribution in [0.3, 0.4) is 0 Å². The molecule has 0 saturated carbocycles. The van der Waals surface area contributed by atoms with Gasteiger partial charge in [-0.1, -0.05) is 23.7 Å². The van der Waals surface area contributed by atoms with Crippen LogP contribution in [0, 0.1) is 6.92 Å². The molecule has 0 atom stereocenters. The molecule has 1 aromatic heterocycles. The Kier molecular flexibility index (Phi) is 4.12. The number of benzene rings is 1. The lowest BCUT2D eigenvalue weighted by Crippen LogP contribution is -2.19. The van der Waals surface area contributed by atoms with Crippen molar-refractivity contribution in [2.75, 3.05) is 10.1 Å². The molecule has 1 aromatic carbocycles. The van der Waals surface area contributed by atoms with Crippen LogP contribution in [0.2, 0.25) is 5.02 Å². The van der Waals surface area contributed by atoms with E-state index in [1.807, 2.05) is 0 Å². The van der Waals surface area contributed by atoms with Gasteiger partial charge < -0.3 is 5.43 Å². The maximum absolute atomic E-state index is 12.4. The number of aryl methyl sites for hydroxylation is 1. The summed E-state index contributed by atoms with van der Waals surface area (Å²) in [5.74, 6) is 5.33. The summed E-state index contributed by atoms with van der Waals surface area (Å²) in [5.41, 5.74) is 3.30. The number of hydrogen-bond donors (Lipinski definition) is 3. The minimum atomic E-state index is -3.84. The zero-order valence-electron chi connectivity index (χ0n) is 10.6. The predicted molar refractivity (Wildman–Crippen MR) is 79.0 cm³/mol. The van der Waals surface area contributed by atoms with Crippen LogP contribution in [0.5, 0.6) is 0 Å². The lowest BCUT2D eigenvalue weighted by Gasteiger charge is -2.13. The third kappa shape index (κ3) is 2.84. The van der Waals surface area contributed by atoms with Crippen LogP contribution in [0.25, 0.3) is 0 Å². The third-order valence-corrected chi connectivity index (χ3v) is 4.35. The highest BCUT2D eigenvalue weighted by Gasteiger charge is 2.20. The van der Waals surface area contributed by atoms with Crippen molar-refractivity contribution in [2.45, 2.75) is 11.8 Å². The topological polar surface area (TPSA) is 97.1 Å². The van der Waals surface area contributed by atoms with Crippen molar-refractivity contribution in [3.8, 4) is 0 Å². The molecule has 0 aliphatic heterocycles. The Labute approximate surface area is 122 Å². The van der Waals surface area contributed by atoms with Crippen LogP contribution in [0.15, 0.2) is 41.4 Å². The summed E-state index contributed by atoms with van der Waals surface area (Å²) in [7, 11) is -3.84. The van der Waals surface area contributed by atoms with Gasteiger partial charge in [0.05, 0.1) is 10.7 Å². The Morgan fingerprint density at radius 1 is 1.25 bits per heavy atom. The van der Waals surface area contributed by atoms with Crippen molar-refractivity contribution in [3.05, 3.63) is 47.1 Å². The maximum atomic E-state index is 12.4. The van der Waals surface area contributed by atoms with E-state index in [0.29, 0.717) is 16.3 Å². The second kappa shape index (κ2) is 5.66. The number of sulfonamides is 1. The standard InChI is InChI=1S/C12H13ClN4O2S/c1-8-4-2-5-9(13)11(8)17-20(18,19)10-6-3-7-15-12(10)16-14/h2-7,17H,14H2,1H3,(H,15,16). The fraction of sp³-hybridized carbons (Fsp3) is 0.0833. The van der Waals surface area contributed by atoms with E-state index in [4.69, 9.17) is 17.4 Å². The van der Waals surface area contributed by atoms with Gasteiger partial charge in [-0.3, -0.25) is 4.72 Å². The molecular formula is C12H13ClN4O2S. The first-order chi connectivity index (χ1) is 9.45. The lowest BCUT2D eigenvalue weighted by atomic mass is 10.2. The Morgan fingerprint density at radius 3 is 2.65 bits per heavy atom. The van der Waals surface area contributed by atoms with Gasteiger partial charge in [-0.25, -0.2) is 19.2 Å². The van der Waals surface area contributed by atoms with Crippen molar-refractivity contribution in [1.82, 2.24) is 4.98 Å². The number of pyridine rings is 1. The Balaban J connectivity index is 2.47. The number of nitrogens with one attached hydrogen (secondary N) is 2. The largest absolute Gasteiger partial charge is 0.307 e. The predicted octanol–water partition coefficient (Wildman–Crippen LogP) is 2.13. The Hall–Kier alpha value is -1.83. The number of aromatic nitrogens is 1. The highest BCUT2D eigenvalue weighted by atomic mass is 35.5. The van der Waals surface area contributed by atoms with Crippen LogP contribution in [0.4, 0.5) is 11.5 Å². The second-order valence-corrected chi connectivity index (χ2v) is 6.09. The molecule has 1 heterocycles. The summed E-state index contributed by atoms with van der Waals surface area (Å²) < 4.78 is 27.2. The van der Waals surface area contributed by atoms with Gasteiger partial charge in [0.25, 0.3) is 10.0 Å². The number of hydrazine groups is 1. The first-order valence-electron chi connectivity index (χ1n) is 5.65. The molecular weight excluding hydrogens is 300 g/mol. The molecule has 4 N–H and O–H groups in total. The minimum absolute atomic E-state index is 0.0539. The van der Waals surface area contributed by atoms with Crippen molar-refractivity contribution in [2.24, 2.45) is 5.84 Å². The van der Waals surface area contributed by atoms with Gasteiger partial charge in [0, 0.05) is 6.20 Å². The van der Waals surface area contributed by atoms with Crippen molar-refractivity contribution >= 4 is 33.1 Å². The SMILES string of the molecule is Cc1cccc(Cl)c1NS(=O)(=O)c1cccnc1NN. The van der Waals surface area contributed by atoms with Crippen LogP contribution >= 0.6 is 11.6 Å². The second-order valence-electron chi connectivity index (χ2n) is 4.03. The fourth-order valence-corrected chi connectivity index (χ4v) is 3.26. The molecule has 0 spiro atoms. The molecule has 0 unspecified atom stereocenters. The van der Waals surface area contributed by atoms with Crippen molar-refractivity contribution < 1.29 is 8.42 Å². The van der Waals surface area contributed by atoms with Gasteiger partial charge >= 0.3 is 0 Å². The molecule has 0 fully saturated rings. The minimum Gasteiger partial charge on any atom is -0.307 e. The summed E-state index contributed by atoms with van der Waals surface area (Å²) in [5, 5.41) is 0.319. The van der Waals surface area contributed by atoms with Crippen molar-refractivity contribution in [1.29, 1.82) is 0 Å². The first-order valence-corrected chi connectivity index (χ1v) is 7.51. The highest BCUT2D eigenvalue weighted by molar-refractivity contribution is 7.92. The summed E-state index contributed by atoms with van der Waals surface area (Å²) >= 11 is 6.01. The summed E-state index contributed by atoms with van der Waals surface area (Å²) in [6.07, 6.45) is 1.44. The number of nitrogens with two attached hydrogens (primary N) is 1. The van der Waals surface area contributed by atoms with Crippen LogP contribution in [-0.4, -0.2) is 13.4 Å². The maximum Gasteiger partial charge on any atom is 0.265 e. The Bertz CT molecular complexity index is 714. The van der Waals surface area contributed by atoms with Gasteiger partial charge in [-0.2, -0.15) is 0 Å². The summed E-state index contributed by atoms with van der Waals surface area (Å²) in [4.78, 5) is 3.81. The van der Waals surface area contributed by atoms with E-state index in [1.165, 1.54) is 18.3 Å². The molecule has 0 bridgehead atoms. The molecule has 0 saturated heterocycles. The lowest BCUT2D eigenvalue weighted by molar-refractivity contribution is 0.601. The third-order valence-electron chi connectivity index (χ3n) is 2.66. The van der Waals surface area contributed by atoms with Crippen LogP contribution < -0.4 is 16.0 Å². The number of nitrogens with zero attached hydrogens (tertiary/aromatic N) is 1. The number of anilines is 2. The van der Waals surface area contributed by atoms with Crippen molar-refractivity contribution in [3.63, 3.8) is 0 Å². The average molecular weight is 313 g/mol. The van der Waals surface area contributed by atoms with Gasteiger partial charge in [-0.05, 0) is 30.7 Å². The van der Waals surface area contributed by atoms with Gasteiger partial charge in [-0.15, -0.1) is 0 Å².